The predicted molar refractivity (Wildman–Crippen MR) is 108 cm³/mol. The molecule has 0 spiro atoms. The van der Waals surface area contributed by atoms with Crippen LogP contribution in [0.3, 0.4) is 0 Å². The van der Waals surface area contributed by atoms with Gasteiger partial charge in [0.25, 0.3) is 0 Å². The lowest BCUT2D eigenvalue weighted by Crippen LogP contribution is -2.51. The van der Waals surface area contributed by atoms with E-state index in [1.165, 1.54) is 12.0 Å². The summed E-state index contributed by atoms with van der Waals surface area (Å²) >= 11 is 0. The zero-order chi connectivity index (χ0) is 19.3. The van der Waals surface area contributed by atoms with E-state index in [-0.39, 0.29) is 29.8 Å². The molecule has 2 saturated carbocycles. The Kier molecular flexibility index (Phi) is 4.77. The molecule has 2 aliphatic heterocycles. The quantitative estimate of drug-likeness (QED) is 0.783. The van der Waals surface area contributed by atoms with Crippen molar-refractivity contribution < 1.29 is 13.8 Å². The average Bonchev–Trinajstić information content (AvgIpc) is 3.26. The van der Waals surface area contributed by atoms with Gasteiger partial charge in [0, 0.05) is 35.1 Å². The van der Waals surface area contributed by atoms with Crippen LogP contribution in [0.15, 0.2) is 30.3 Å². The Bertz CT molecular complexity index is 798. The van der Waals surface area contributed by atoms with Gasteiger partial charge in [0.1, 0.15) is 6.04 Å². The fourth-order valence-electron chi connectivity index (χ4n) is 5.63. The van der Waals surface area contributed by atoms with E-state index in [0.717, 1.165) is 32.1 Å². The smallest absolute Gasteiger partial charge is 0.246 e. The molecule has 1 aromatic rings. The minimum atomic E-state index is -0.930. The fraction of sp³-hybridized carbons (Fsp3) is 0.636. The third-order valence-electron chi connectivity index (χ3n) is 7.16. The van der Waals surface area contributed by atoms with E-state index in [1.807, 2.05) is 23.1 Å². The van der Waals surface area contributed by atoms with Crippen LogP contribution >= 0.6 is 0 Å². The number of carbonyl (C=O) groups excluding carboxylic acids is 2. The van der Waals surface area contributed by atoms with Gasteiger partial charge in [0.15, 0.2) is 0 Å². The van der Waals surface area contributed by atoms with E-state index in [0.29, 0.717) is 30.0 Å². The van der Waals surface area contributed by atoms with Gasteiger partial charge in [-0.2, -0.15) is 0 Å². The van der Waals surface area contributed by atoms with Gasteiger partial charge in [-0.25, -0.2) is 0 Å². The van der Waals surface area contributed by atoms with Crippen molar-refractivity contribution >= 4 is 22.6 Å². The second-order valence-corrected chi connectivity index (χ2v) is 10.4. The maximum atomic E-state index is 13.5. The normalized spacial score (nSPS) is 37.0. The minimum Gasteiger partial charge on any atom is -0.328 e. The second kappa shape index (κ2) is 7.29. The Hall–Kier alpha value is -1.69. The highest BCUT2D eigenvalue weighted by Crippen LogP contribution is 2.51. The Balaban J connectivity index is 1.37. The van der Waals surface area contributed by atoms with E-state index >= 15 is 0 Å². The summed E-state index contributed by atoms with van der Waals surface area (Å²) < 4.78 is 11.8. The van der Waals surface area contributed by atoms with Crippen LogP contribution in [0, 0.1) is 11.8 Å². The summed E-state index contributed by atoms with van der Waals surface area (Å²) in [4.78, 5) is 30.5. The molecule has 2 saturated heterocycles. The third-order valence-corrected chi connectivity index (χ3v) is 8.40. The number of benzene rings is 1. The molecule has 2 amide bonds. The van der Waals surface area contributed by atoms with Gasteiger partial charge in [0.05, 0.1) is 5.88 Å². The lowest BCUT2D eigenvalue weighted by molar-refractivity contribution is -0.145. The molecule has 2 heterocycles. The number of amides is 2. The van der Waals surface area contributed by atoms with Crippen LogP contribution in [0.5, 0.6) is 0 Å². The number of hydrogen-bond donors (Lipinski definition) is 0. The van der Waals surface area contributed by atoms with Crippen molar-refractivity contribution in [2.24, 2.45) is 11.8 Å². The summed E-state index contributed by atoms with van der Waals surface area (Å²) in [7, 11) is -0.930. The molecule has 0 radical (unpaired) electrons. The van der Waals surface area contributed by atoms with Gasteiger partial charge in [-0.05, 0) is 43.1 Å². The third kappa shape index (κ3) is 3.19. The van der Waals surface area contributed by atoms with E-state index in [2.05, 4.69) is 12.1 Å². The molecule has 1 aromatic carbocycles. The van der Waals surface area contributed by atoms with Crippen LogP contribution in [0.4, 0.5) is 0 Å². The molecule has 4 aliphatic rings. The van der Waals surface area contributed by atoms with E-state index in [9.17, 15) is 13.8 Å². The van der Waals surface area contributed by atoms with Gasteiger partial charge in [0.2, 0.25) is 11.8 Å². The van der Waals surface area contributed by atoms with Crippen molar-refractivity contribution in [1.29, 1.82) is 0 Å². The highest BCUT2D eigenvalue weighted by molar-refractivity contribution is 7.85. The van der Waals surface area contributed by atoms with E-state index < -0.39 is 10.8 Å². The molecule has 28 heavy (non-hydrogen) atoms. The number of carbonyl (C=O) groups is 2. The van der Waals surface area contributed by atoms with Crippen molar-refractivity contribution in [3.05, 3.63) is 35.9 Å². The molecule has 0 bridgehead atoms. The summed E-state index contributed by atoms with van der Waals surface area (Å²) in [6.45, 7) is 0.565. The maximum absolute atomic E-state index is 13.5. The van der Waals surface area contributed by atoms with Crippen molar-refractivity contribution in [3.8, 4) is 0 Å². The van der Waals surface area contributed by atoms with Gasteiger partial charge in [-0.3, -0.25) is 13.8 Å². The van der Waals surface area contributed by atoms with Crippen LogP contribution in [0.2, 0.25) is 0 Å². The first-order valence-corrected chi connectivity index (χ1v) is 12.1. The molecule has 5 rings (SSSR count). The average molecular weight is 401 g/mol. The first-order valence-electron chi connectivity index (χ1n) is 10.6. The summed E-state index contributed by atoms with van der Waals surface area (Å²) in [6.07, 6.45) is 6.18. The number of rotatable bonds is 3. The summed E-state index contributed by atoms with van der Waals surface area (Å²) in [5, 5.41) is 0. The van der Waals surface area contributed by atoms with E-state index in [4.69, 9.17) is 0 Å². The van der Waals surface area contributed by atoms with Gasteiger partial charge in [-0.15, -0.1) is 0 Å². The van der Waals surface area contributed by atoms with Crippen LogP contribution in [-0.2, 0) is 20.4 Å². The highest BCUT2D eigenvalue weighted by Gasteiger charge is 2.54. The highest BCUT2D eigenvalue weighted by atomic mass is 32.2. The van der Waals surface area contributed by atoms with Crippen molar-refractivity contribution in [2.45, 2.75) is 56.5 Å². The van der Waals surface area contributed by atoms with Crippen LogP contribution in [0.1, 0.15) is 50.0 Å². The zero-order valence-corrected chi connectivity index (χ0v) is 17.0. The SMILES string of the molecule is O=C([C@@H]1C[C@@H]2CCCC[C@@H]2N1C(=O)[C@@H]1C[C@H]1c1ccccc1)N1CCS(=O)C1. The standard InChI is InChI=1S/C22H28N2O3S/c25-21(18-13-17(18)15-6-2-1-3-7-15)24-19-9-5-4-8-16(19)12-20(24)22(26)23-10-11-28(27)14-23/h1-3,6-7,16-20H,4-5,8-14H2/t16-,17-,18+,19-,20-,28?/m0/s1. The van der Waals surface area contributed by atoms with Crippen molar-refractivity contribution in [2.75, 3.05) is 18.2 Å². The molecule has 2 aliphatic carbocycles. The Morgan fingerprint density at radius 3 is 2.54 bits per heavy atom. The van der Waals surface area contributed by atoms with Gasteiger partial charge >= 0.3 is 0 Å². The molecular formula is C22H28N2O3S. The second-order valence-electron chi connectivity index (χ2n) is 8.84. The summed E-state index contributed by atoms with van der Waals surface area (Å²) in [5.41, 5.74) is 1.23. The monoisotopic (exact) mass is 400 g/mol. The zero-order valence-electron chi connectivity index (χ0n) is 16.2. The Labute approximate surface area is 168 Å². The summed E-state index contributed by atoms with van der Waals surface area (Å²) in [5.74, 6) is 1.89. The number of nitrogens with zero attached hydrogens (tertiary/aromatic N) is 2. The lowest BCUT2D eigenvalue weighted by Gasteiger charge is -2.34. The first-order chi connectivity index (χ1) is 13.6. The van der Waals surface area contributed by atoms with E-state index in [1.54, 1.807) is 4.90 Å². The Morgan fingerprint density at radius 1 is 1.00 bits per heavy atom. The molecular weight excluding hydrogens is 372 g/mol. The number of likely N-dealkylation sites (tertiary alicyclic amines) is 1. The molecule has 6 heteroatoms. The largest absolute Gasteiger partial charge is 0.328 e. The molecule has 4 fully saturated rings. The van der Waals surface area contributed by atoms with Crippen LogP contribution in [-0.4, -0.2) is 56.1 Å². The molecule has 0 aromatic heterocycles. The molecule has 1 unspecified atom stereocenters. The molecule has 0 N–H and O–H groups in total. The lowest BCUT2D eigenvalue weighted by atomic mass is 9.84. The van der Waals surface area contributed by atoms with Crippen molar-refractivity contribution in [3.63, 3.8) is 0 Å². The number of fused-ring (bicyclic) bond motifs is 1. The molecule has 150 valence electrons. The fourth-order valence-corrected chi connectivity index (χ4v) is 6.78. The number of hydrogen-bond acceptors (Lipinski definition) is 3. The molecule has 6 atom stereocenters. The molecule has 5 nitrogen and oxygen atoms in total. The maximum Gasteiger partial charge on any atom is 0.246 e. The predicted octanol–water partition coefficient (Wildman–Crippen LogP) is 2.50. The first kappa shape index (κ1) is 18.3. The van der Waals surface area contributed by atoms with Crippen LogP contribution in [0.25, 0.3) is 0 Å². The summed E-state index contributed by atoms with van der Waals surface area (Å²) in [6, 6.07) is 10.2. The Morgan fingerprint density at radius 2 is 1.79 bits per heavy atom. The van der Waals surface area contributed by atoms with Crippen LogP contribution < -0.4 is 0 Å². The topological polar surface area (TPSA) is 57.7 Å². The van der Waals surface area contributed by atoms with Crippen molar-refractivity contribution in [1.82, 2.24) is 9.80 Å². The minimum absolute atomic E-state index is 0.0195. The van der Waals surface area contributed by atoms with Gasteiger partial charge < -0.3 is 9.80 Å². The van der Waals surface area contributed by atoms with Gasteiger partial charge in [-0.1, -0.05) is 43.2 Å².